The molecule has 1 aliphatic carbocycles. The summed E-state index contributed by atoms with van der Waals surface area (Å²) in [4.78, 5) is 24.6. The zero-order valence-corrected chi connectivity index (χ0v) is 13.2. The van der Waals surface area contributed by atoms with E-state index < -0.39 is 0 Å². The minimum Gasteiger partial charge on any atom is -0.348 e. The predicted octanol–water partition coefficient (Wildman–Crippen LogP) is 3.45. The van der Waals surface area contributed by atoms with Gasteiger partial charge >= 0.3 is 0 Å². The van der Waals surface area contributed by atoms with Crippen LogP contribution in [0.4, 0.5) is 0 Å². The lowest BCUT2D eigenvalue weighted by Crippen LogP contribution is -2.46. The van der Waals surface area contributed by atoms with Crippen LogP contribution < -0.4 is 5.32 Å². The number of carbonyl (C=O) groups is 2. The van der Waals surface area contributed by atoms with E-state index in [0.717, 1.165) is 12.8 Å². The summed E-state index contributed by atoms with van der Waals surface area (Å²) in [6.45, 7) is 6.55. The summed E-state index contributed by atoms with van der Waals surface area (Å²) in [6, 6.07) is 9.10. The number of hydrogen-bond acceptors (Lipinski definition) is 2. The summed E-state index contributed by atoms with van der Waals surface area (Å²) < 4.78 is 0. The first-order valence-electron chi connectivity index (χ1n) is 7.78. The molecule has 0 heterocycles. The monoisotopic (exact) mass is 287 g/mol. The van der Waals surface area contributed by atoms with E-state index >= 15 is 0 Å². The summed E-state index contributed by atoms with van der Waals surface area (Å²) in [5.41, 5.74) is 0.658. The van der Waals surface area contributed by atoms with Crippen LogP contribution in [0, 0.1) is 17.3 Å². The van der Waals surface area contributed by atoms with Crippen molar-refractivity contribution in [1.82, 2.24) is 5.32 Å². The van der Waals surface area contributed by atoms with Gasteiger partial charge in [-0.1, -0.05) is 57.5 Å². The van der Waals surface area contributed by atoms with E-state index in [1.54, 1.807) is 12.1 Å². The van der Waals surface area contributed by atoms with E-state index in [-0.39, 0.29) is 29.6 Å². The van der Waals surface area contributed by atoms with E-state index in [1.807, 2.05) is 18.2 Å². The standard InChI is InChI=1S/C18H25NO2/c1-13-8-7-11-18(2,3)16(13)17(21)19-12-15(20)14-9-5-4-6-10-14/h4-6,9-10,13,16H,7-8,11-12H2,1-3H3,(H,19,21)/t13?,16-/m1/s1. The molecule has 1 aromatic rings. The maximum absolute atomic E-state index is 12.5. The Bertz CT molecular complexity index is 507. The largest absolute Gasteiger partial charge is 0.348 e. The second kappa shape index (κ2) is 6.42. The van der Waals surface area contributed by atoms with Crippen molar-refractivity contribution < 1.29 is 9.59 Å². The minimum absolute atomic E-state index is 0.00479. The van der Waals surface area contributed by atoms with Gasteiger partial charge in [-0.25, -0.2) is 0 Å². The third-order valence-electron chi connectivity index (χ3n) is 4.69. The molecule has 1 fully saturated rings. The Morgan fingerprint density at radius 2 is 1.90 bits per heavy atom. The number of Topliss-reactive ketones (excluding diaryl/α,β-unsaturated/α-hetero) is 1. The van der Waals surface area contributed by atoms with Crippen LogP contribution in [0.25, 0.3) is 0 Å². The van der Waals surface area contributed by atoms with Crippen molar-refractivity contribution in [2.75, 3.05) is 6.54 Å². The van der Waals surface area contributed by atoms with E-state index in [4.69, 9.17) is 0 Å². The minimum atomic E-state index is -0.0368. The van der Waals surface area contributed by atoms with Crippen LogP contribution in [0.2, 0.25) is 0 Å². The summed E-state index contributed by atoms with van der Waals surface area (Å²) in [6.07, 6.45) is 3.34. The molecule has 114 valence electrons. The molecule has 1 N–H and O–H groups in total. The maximum atomic E-state index is 12.5. The molecule has 1 aliphatic rings. The van der Waals surface area contributed by atoms with Gasteiger partial charge in [0.05, 0.1) is 6.54 Å². The quantitative estimate of drug-likeness (QED) is 0.862. The van der Waals surface area contributed by atoms with Crippen LogP contribution in [-0.2, 0) is 4.79 Å². The molecule has 3 nitrogen and oxygen atoms in total. The van der Waals surface area contributed by atoms with Crippen LogP contribution in [0.5, 0.6) is 0 Å². The predicted molar refractivity (Wildman–Crippen MR) is 84.1 cm³/mol. The van der Waals surface area contributed by atoms with Gasteiger partial charge in [0, 0.05) is 11.5 Å². The number of carbonyl (C=O) groups excluding carboxylic acids is 2. The third kappa shape index (κ3) is 3.72. The van der Waals surface area contributed by atoms with E-state index in [9.17, 15) is 9.59 Å². The number of amides is 1. The Kier molecular flexibility index (Phi) is 4.81. The number of benzene rings is 1. The van der Waals surface area contributed by atoms with Crippen LogP contribution in [0.3, 0.4) is 0 Å². The topological polar surface area (TPSA) is 46.2 Å². The lowest BCUT2D eigenvalue weighted by molar-refractivity contribution is -0.132. The van der Waals surface area contributed by atoms with Gasteiger partial charge in [-0.2, -0.15) is 0 Å². The molecule has 0 spiro atoms. The molecule has 0 aromatic heterocycles. The molecule has 0 saturated heterocycles. The van der Waals surface area contributed by atoms with Gasteiger partial charge in [-0.15, -0.1) is 0 Å². The molecule has 1 aromatic carbocycles. The maximum Gasteiger partial charge on any atom is 0.224 e. The summed E-state index contributed by atoms with van der Waals surface area (Å²) >= 11 is 0. The third-order valence-corrected chi connectivity index (χ3v) is 4.69. The number of nitrogens with one attached hydrogen (secondary N) is 1. The molecule has 2 atom stereocenters. The zero-order valence-electron chi connectivity index (χ0n) is 13.2. The summed E-state index contributed by atoms with van der Waals surface area (Å²) in [7, 11) is 0. The van der Waals surface area contributed by atoms with Gasteiger partial charge in [0.15, 0.2) is 5.78 Å². The Morgan fingerprint density at radius 3 is 2.52 bits per heavy atom. The molecule has 1 saturated carbocycles. The molecule has 21 heavy (non-hydrogen) atoms. The molecule has 1 amide bonds. The molecule has 0 aliphatic heterocycles. The molecule has 1 unspecified atom stereocenters. The van der Waals surface area contributed by atoms with Gasteiger partial charge in [0.2, 0.25) is 5.91 Å². The zero-order chi connectivity index (χ0) is 15.5. The van der Waals surface area contributed by atoms with Crippen LogP contribution >= 0.6 is 0 Å². The van der Waals surface area contributed by atoms with Crippen molar-refractivity contribution in [2.24, 2.45) is 17.3 Å². The Hall–Kier alpha value is -1.64. The average molecular weight is 287 g/mol. The normalized spacial score (nSPS) is 24.3. The van der Waals surface area contributed by atoms with Crippen molar-refractivity contribution in [3.05, 3.63) is 35.9 Å². The fraction of sp³-hybridized carbons (Fsp3) is 0.556. The number of rotatable bonds is 4. The first kappa shape index (κ1) is 15.7. The molecule has 0 radical (unpaired) electrons. The van der Waals surface area contributed by atoms with Crippen molar-refractivity contribution in [2.45, 2.75) is 40.0 Å². The molecular weight excluding hydrogens is 262 g/mol. The summed E-state index contributed by atoms with van der Waals surface area (Å²) in [5.74, 6) is 0.358. The van der Waals surface area contributed by atoms with Gasteiger partial charge in [0.1, 0.15) is 0 Å². The molecule has 3 heteroatoms. The average Bonchev–Trinajstić information content (AvgIpc) is 2.44. The first-order valence-corrected chi connectivity index (χ1v) is 7.78. The van der Waals surface area contributed by atoms with Crippen molar-refractivity contribution >= 4 is 11.7 Å². The highest BCUT2D eigenvalue weighted by Crippen LogP contribution is 2.43. The van der Waals surface area contributed by atoms with Crippen LogP contribution in [-0.4, -0.2) is 18.2 Å². The highest BCUT2D eigenvalue weighted by atomic mass is 16.2. The smallest absolute Gasteiger partial charge is 0.224 e. The second-order valence-electron chi connectivity index (χ2n) is 6.84. The van der Waals surface area contributed by atoms with E-state index in [0.29, 0.717) is 11.5 Å². The van der Waals surface area contributed by atoms with Gasteiger partial charge in [-0.3, -0.25) is 9.59 Å². The van der Waals surface area contributed by atoms with E-state index in [2.05, 4.69) is 26.1 Å². The summed E-state index contributed by atoms with van der Waals surface area (Å²) in [5, 5.41) is 2.85. The van der Waals surface area contributed by atoms with Crippen molar-refractivity contribution in [3.8, 4) is 0 Å². The van der Waals surface area contributed by atoms with Gasteiger partial charge in [0.25, 0.3) is 0 Å². The fourth-order valence-corrected chi connectivity index (χ4v) is 3.59. The van der Waals surface area contributed by atoms with E-state index in [1.165, 1.54) is 6.42 Å². The van der Waals surface area contributed by atoms with Crippen molar-refractivity contribution in [3.63, 3.8) is 0 Å². The lowest BCUT2D eigenvalue weighted by Gasteiger charge is -2.41. The Morgan fingerprint density at radius 1 is 1.24 bits per heavy atom. The van der Waals surface area contributed by atoms with Crippen molar-refractivity contribution in [1.29, 1.82) is 0 Å². The lowest BCUT2D eigenvalue weighted by atomic mass is 9.64. The SMILES string of the molecule is CC1CCCC(C)(C)[C@H]1C(=O)NCC(=O)c1ccccc1. The Labute approximate surface area is 127 Å². The number of hydrogen-bond donors (Lipinski definition) is 1. The molecule has 0 bridgehead atoms. The fourth-order valence-electron chi connectivity index (χ4n) is 3.59. The molecular formula is C18H25NO2. The van der Waals surface area contributed by atoms with Crippen LogP contribution in [0.15, 0.2) is 30.3 Å². The number of ketones is 1. The Balaban J connectivity index is 1.96. The van der Waals surface area contributed by atoms with Gasteiger partial charge < -0.3 is 5.32 Å². The second-order valence-corrected chi connectivity index (χ2v) is 6.84. The van der Waals surface area contributed by atoms with Gasteiger partial charge in [-0.05, 0) is 24.2 Å². The van der Waals surface area contributed by atoms with Crippen LogP contribution in [0.1, 0.15) is 50.4 Å². The molecule has 2 rings (SSSR count). The highest BCUT2D eigenvalue weighted by Gasteiger charge is 2.41. The first-order chi connectivity index (χ1) is 9.92. The highest BCUT2D eigenvalue weighted by molar-refractivity contribution is 5.99.